The van der Waals surface area contributed by atoms with Crippen molar-refractivity contribution in [3.8, 4) is 0 Å². The summed E-state index contributed by atoms with van der Waals surface area (Å²) in [5.41, 5.74) is -0.283. The molecule has 0 amide bonds. The molecule has 0 atom stereocenters. The van der Waals surface area contributed by atoms with E-state index in [2.05, 4.69) is 20.9 Å². The lowest BCUT2D eigenvalue weighted by atomic mass is 9.98. The molecule has 0 N–H and O–H groups in total. The van der Waals surface area contributed by atoms with Crippen LogP contribution >= 0.6 is 15.9 Å². The highest BCUT2D eigenvalue weighted by Gasteiger charge is 2.24. The molecular weight excluding hydrogens is 484 g/mol. The third kappa shape index (κ3) is 5.21. The van der Waals surface area contributed by atoms with Gasteiger partial charge in [0.2, 0.25) is 0 Å². The maximum Gasteiger partial charge on any atom is 0.287 e. The Hall–Kier alpha value is -2.65. The first-order valence-electron chi connectivity index (χ1n) is 10.3. The minimum atomic E-state index is -1.07. The van der Waals surface area contributed by atoms with Crippen LogP contribution in [0.1, 0.15) is 40.0 Å². The van der Waals surface area contributed by atoms with E-state index in [9.17, 15) is 14.0 Å². The van der Waals surface area contributed by atoms with Gasteiger partial charge in [-0.25, -0.2) is 13.8 Å². The highest BCUT2D eigenvalue weighted by Crippen LogP contribution is 2.29. The number of carbonyl (C=O) groups is 1. The molecule has 1 fully saturated rings. The molecule has 6 nitrogen and oxygen atoms in total. The Morgan fingerprint density at radius 3 is 2.72 bits per heavy atom. The molecule has 2 heterocycles. The van der Waals surface area contributed by atoms with Crippen molar-refractivity contribution >= 4 is 21.7 Å². The van der Waals surface area contributed by atoms with E-state index in [1.165, 1.54) is 18.3 Å². The fraction of sp³-hybridized carbons (Fsp3) is 0.348. The number of hydrogen-bond donors (Lipinski definition) is 0. The molecule has 0 radical (unpaired) electrons. The van der Waals surface area contributed by atoms with Crippen molar-refractivity contribution in [2.75, 3.05) is 13.2 Å². The first-order valence-corrected chi connectivity index (χ1v) is 11.0. The monoisotopic (exact) mass is 505 g/mol. The average molecular weight is 506 g/mol. The number of halogens is 3. The van der Waals surface area contributed by atoms with E-state index in [-0.39, 0.29) is 36.3 Å². The van der Waals surface area contributed by atoms with Crippen molar-refractivity contribution in [1.29, 1.82) is 0 Å². The lowest BCUT2D eigenvalue weighted by Gasteiger charge is -2.14. The van der Waals surface area contributed by atoms with Crippen LogP contribution in [0.15, 0.2) is 46.2 Å². The molecule has 0 bridgehead atoms. The Morgan fingerprint density at radius 2 is 2.06 bits per heavy atom. The van der Waals surface area contributed by atoms with Gasteiger partial charge in [-0.05, 0) is 36.5 Å². The quantitative estimate of drug-likeness (QED) is 0.414. The number of imidazole rings is 1. The van der Waals surface area contributed by atoms with Crippen molar-refractivity contribution in [2.45, 2.75) is 25.8 Å². The molecule has 1 aliphatic rings. The van der Waals surface area contributed by atoms with Crippen LogP contribution in [0.25, 0.3) is 0 Å². The molecule has 1 aliphatic carbocycles. The molecule has 0 unspecified atom stereocenters. The Bertz CT molecular complexity index is 1220. The van der Waals surface area contributed by atoms with Crippen LogP contribution in [0, 0.1) is 17.6 Å². The van der Waals surface area contributed by atoms with E-state index in [4.69, 9.17) is 4.74 Å². The van der Waals surface area contributed by atoms with Gasteiger partial charge >= 0.3 is 0 Å². The molecule has 3 aromatic rings. The minimum absolute atomic E-state index is 0.00668. The summed E-state index contributed by atoms with van der Waals surface area (Å²) in [6.45, 7) is 0.249. The maximum absolute atomic E-state index is 15.3. The number of hydrogen-bond acceptors (Lipinski definition) is 4. The van der Waals surface area contributed by atoms with Crippen LogP contribution in [0.2, 0.25) is 0 Å². The summed E-state index contributed by atoms with van der Waals surface area (Å²) in [6.07, 6.45) is 6.52. The first-order chi connectivity index (χ1) is 15.3. The Kier molecular flexibility index (Phi) is 6.66. The maximum atomic E-state index is 15.3. The summed E-state index contributed by atoms with van der Waals surface area (Å²) < 4.78 is 38.5. The third-order valence-corrected chi connectivity index (χ3v) is 5.87. The molecular formula is C23H22BrF2N3O3. The summed E-state index contributed by atoms with van der Waals surface area (Å²) >= 11 is 3.19. The molecule has 9 heteroatoms. The van der Waals surface area contributed by atoms with E-state index >= 15 is 4.39 Å². The van der Waals surface area contributed by atoms with Gasteiger partial charge in [-0.1, -0.05) is 22.0 Å². The van der Waals surface area contributed by atoms with Crippen molar-refractivity contribution < 1.29 is 18.3 Å². The molecule has 168 valence electrons. The fourth-order valence-corrected chi connectivity index (χ4v) is 3.79. The van der Waals surface area contributed by atoms with Gasteiger partial charge in [0.05, 0.1) is 25.2 Å². The zero-order valence-corrected chi connectivity index (χ0v) is 19.1. The number of benzene rings is 1. The number of aromatic nitrogens is 3. The molecule has 4 rings (SSSR count). The van der Waals surface area contributed by atoms with E-state index in [0.29, 0.717) is 22.7 Å². The number of Topliss-reactive ketones (excluding diaryl/α,β-unsaturated/α-hetero) is 1. The lowest BCUT2D eigenvalue weighted by Crippen LogP contribution is -2.29. The van der Waals surface area contributed by atoms with Gasteiger partial charge in [-0.3, -0.25) is 9.59 Å². The zero-order chi connectivity index (χ0) is 22.8. The number of carbonyl (C=O) groups excluding carboxylic acids is 1. The molecule has 0 aliphatic heterocycles. The standard InChI is InChI=1S/C23H22BrF2N3O3/c1-28-8-17(27-13-28)9-29-10-19(21(30)12-32-11-14-2-3-14)18(22(26)23(29)31)6-15-4-5-16(24)7-20(15)25/h4-5,7-8,10,13-14H,2-3,6,9,11-12H2,1H3. The van der Waals surface area contributed by atoms with Crippen LogP contribution in [0.3, 0.4) is 0 Å². The molecule has 0 spiro atoms. The number of ketones is 1. The summed E-state index contributed by atoms with van der Waals surface area (Å²) in [5, 5.41) is 0. The Labute approximate surface area is 192 Å². The van der Waals surface area contributed by atoms with E-state index in [1.54, 1.807) is 30.2 Å². The SMILES string of the molecule is Cn1cnc(Cn2cc(C(=O)COCC3CC3)c(Cc3ccc(Br)cc3F)c(F)c2=O)c1. The summed E-state index contributed by atoms with van der Waals surface area (Å²) in [4.78, 5) is 29.8. The van der Waals surface area contributed by atoms with Crippen LogP contribution in [0.4, 0.5) is 8.78 Å². The Balaban J connectivity index is 1.70. The van der Waals surface area contributed by atoms with Crippen molar-refractivity contribution in [3.63, 3.8) is 0 Å². The van der Waals surface area contributed by atoms with Gasteiger partial charge in [0.1, 0.15) is 12.4 Å². The second kappa shape index (κ2) is 9.46. The topological polar surface area (TPSA) is 66.1 Å². The van der Waals surface area contributed by atoms with Crippen LogP contribution in [-0.2, 0) is 24.8 Å². The van der Waals surface area contributed by atoms with E-state index in [0.717, 1.165) is 17.4 Å². The molecule has 1 saturated carbocycles. The van der Waals surface area contributed by atoms with Crippen molar-refractivity contribution in [1.82, 2.24) is 14.1 Å². The lowest BCUT2D eigenvalue weighted by molar-refractivity contribution is 0.0737. The van der Waals surface area contributed by atoms with Gasteiger partial charge < -0.3 is 13.9 Å². The minimum Gasteiger partial charge on any atom is -0.373 e. The van der Waals surface area contributed by atoms with Gasteiger partial charge in [-0.15, -0.1) is 0 Å². The normalized spacial score (nSPS) is 13.5. The molecule has 2 aromatic heterocycles. The largest absolute Gasteiger partial charge is 0.373 e. The summed E-state index contributed by atoms with van der Waals surface area (Å²) in [7, 11) is 1.78. The summed E-state index contributed by atoms with van der Waals surface area (Å²) in [5.74, 6) is -1.61. The highest BCUT2D eigenvalue weighted by molar-refractivity contribution is 9.10. The molecule has 0 saturated heterocycles. The predicted molar refractivity (Wildman–Crippen MR) is 118 cm³/mol. The Morgan fingerprint density at radius 1 is 1.28 bits per heavy atom. The molecule has 32 heavy (non-hydrogen) atoms. The number of rotatable bonds is 9. The highest BCUT2D eigenvalue weighted by atomic mass is 79.9. The second-order valence-corrected chi connectivity index (χ2v) is 9.01. The first kappa shape index (κ1) is 22.5. The van der Waals surface area contributed by atoms with Crippen LogP contribution < -0.4 is 5.56 Å². The van der Waals surface area contributed by atoms with Crippen LogP contribution in [-0.4, -0.2) is 33.1 Å². The zero-order valence-electron chi connectivity index (χ0n) is 17.5. The smallest absolute Gasteiger partial charge is 0.287 e. The molecule has 1 aromatic carbocycles. The second-order valence-electron chi connectivity index (χ2n) is 8.09. The number of pyridine rings is 1. The average Bonchev–Trinajstić information content (AvgIpc) is 3.48. The van der Waals surface area contributed by atoms with E-state index < -0.39 is 23.0 Å². The van der Waals surface area contributed by atoms with Crippen LogP contribution in [0.5, 0.6) is 0 Å². The van der Waals surface area contributed by atoms with Gasteiger partial charge in [0.15, 0.2) is 11.6 Å². The number of aryl methyl sites for hydroxylation is 1. The number of ether oxygens (including phenoxy) is 1. The predicted octanol–water partition coefficient (Wildman–Crippen LogP) is 3.87. The fourth-order valence-electron chi connectivity index (χ4n) is 3.46. The van der Waals surface area contributed by atoms with Gasteiger partial charge in [-0.2, -0.15) is 0 Å². The number of nitrogens with zero attached hydrogens (tertiary/aromatic N) is 3. The van der Waals surface area contributed by atoms with E-state index in [1.807, 2.05) is 0 Å². The third-order valence-electron chi connectivity index (χ3n) is 5.38. The van der Waals surface area contributed by atoms with Gasteiger partial charge in [0, 0.05) is 41.5 Å². The van der Waals surface area contributed by atoms with Gasteiger partial charge in [0.25, 0.3) is 5.56 Å². The summed E-state index contributed by atoms with van der Waals surface area (Å²) in [6, 6.07) is 4.38. The van der Waals surface area contributed by atoms with Crippen molar-refractivity contribution in [3.05, 3.63) is 85.8 Å². The van der Waals surface area contributed by atoms with Crippen molar-refractivity contribution in [2.24, 2.45) is 13.0 Å².